The molecule has 1 saturated heterocycles. The molecule has 1 atom stereocenters. The smallest absolute Gasteiger partial charge is 0.409 e. The summed E-state index contributed by atoms with van der Waals surface area (Å²) in [5, 5.41) is 4.05. The second-order valence-corrected chi connectivity index (χ2v) is 10.2. The molecule has 2 heterocycles. The number of rotatable bonds is 8. The van der Waals surface area contributed by atoms with Gasteiger partial charge in [0.1, 0.15) is 10.8 Å². The second kappa shape index (κ2) is 12.3. The highest BCUT2D eigenvalue weighted by Crippen LogP contribution is 2.43. The van der Waals surface area contributed by atoms with E-state index in [0.717, 1.165) is 21.9 Å². The Labute approximate surface area is 223 Å². The average Bonchev–Trinajstić information content (AvgIpc) is 3.19. The van der Waals surface area contributed by atoms with E-state index in [-0.39, 0.29) is 18.0 Å². The Morgan fingerprint density at radius 3 is 2.24 bits per heavy atom. The van der Waals surface area contributed by atoms with Crippen molar-refractivity contribution < 1.29 is 19.1 Å². The van der Waals surface area contributed by atoms with Crippen LogP contribution in [-0.2, 0) is 4.74 Å². The van der Waals surface area contributed by atoms with Crippen molar-refractivity contribution in [2.75, 3.05) is 44.7 Å². The first kappa shape index (κ1) is 26.7. The Balaban J connectivity index is 1.69. The molecule has 0 spiro atoms. The molecule has 3 aromatic rings. The Kier molecular flexibility index (Phi) is 8.84. The van der Waals surface area contributed by atoms with Crippen LogP contribution < -0.4 is 10.1 Å². The summed E-state index contributed by atoms with van der Waals surface area (Å²) in [4.78, 5) is 30.7. The Hall–Kier alpha value is -3.36. The van der Waals surface area contributed by atoms with Crippen LogP contribution in [0.5, 0.6) is 5.75 Å². The monoisotopic (exact) mass is 521 g/mol. The molecule has 1 fully saturated rings. The number of ether oxygens (including phenoxy) is 2. The van der Waals surface area contributed by atoms with Crippen molar-refractivity contribution in [1.82, 2.24) is 9.80 Å². The maximum atomic E-state index is 13.1. The van der Waals surface area contributed by atoms with Gasteiger partial charge in [0, 0.05) is 42.2 Å². The number of amides is 2. The average molecular weight is 522 g/mol. The van der Waals surface area contributed by atoms with Crippen LogP contribution in [0.25, 0.3) is 0 Å². The molecular weight excluding hydrogens is 486 g/mol. The number of nitrogens with zero attached hydrogens (tertiary/aromatic N) is 2. The first-order chi connectivity index (χ1) is 17.9. The Morgan fingerprint density at radius 1 is 0.946 bits per heavy atom. The predicted octanol–water partition coefficient (Wildman–Crippen LogP) is 5.88. The molecule has 1 N–H and O–H groups in total. The number of aryl methyl sites for hydroxylation is 1. The highest BCUT2D eigenvalue weighted by atomic mass is 32.1. The number of hydrogen-bond donors (Lipinski definition) is 1. The highest BCUT2D eigenvalue weighted by Gasteiger charge is 2.33. The molecule has 0 bridgehead atoms. The number of anilines is 1. The second-order valence-electron chi connectivity index (χ2n) is 8.97. The molecule has 2 amide bonds. The highest BCUT2D eigenvalue weighted by molar-refractivity contribution is 7.16. The first-order valence-electron chi connectivity index (χ1n) is 12.8. The molecule has 4 rings (SSSR count). The molecule has 37 heavy (non-hydrogen) atoms. The summed E-state index contributed by atoms with van der Waals surface area (Å²) in [7, 11) is 0. The molecule has 0 unspecified atom stereocenters. The maximum Gasteiger partial charge on any atom is 0.409 e. The van der Waals surface area contributed by atoms with Gasteiger partial charge in [-0.2, -0.15) is 0 Å². The summed E-state index contributed by atoms with van der Waals surface area (Å²) in [6.07, 6.45) is -0.266. The third-order valence-electron chi connectivity index (χ3n) is 6.68. The molecule has 0 radical (unpaired) electrons. The molecular formula is C29H35N3O4S. The summed E-state index contributed by atoms with van der Waals surface area (Å²) in [5.41, 5.74) is 4.00. The number of nitrogens with one attached hydrogen (secondary N) is 1. The van der Waals surface area contributed by atoms with E-state index in [1.54, 1.807) is 16.2 Å². The maximum absolute atomic E-state index is 13.1. The lowest BCUT2D eigenvalue weighted by Crippen LogP contribution is -2.50. The Bertz CT molecular complexity index is 1200. The van der Waals surface area contributed by atoms with Crippen LogP contribution in [0.4, 0.5) is 9.80 Å². The van der Waals surface area contributed by atoms with Crippen LogP contribution >= 0.6 is 11.3 Å². The fourth-order valence-corrected chi connectivity index (χ4v) is 5.77. The fraction of sp³-hybridized carbons (Fsp3) is 0.379. The van der Waals surface area contributed by atoms with E-state index in [0.29, 0.717) is 45.0 Å². The molecule has 1 aliphatic heterocycles. The number of benzene rings is 2. The topological polar surface area (TPSA) is 71.1 Å². The van der Waals surface area contributed by atoms with Gasteiger partial charge >= 0.3 is 6.09 Å². The minimum Gasteiger partial charge on any atom is -0.494 e. The van der Waals surface area contributed by atoms with Crippen LogP contribution in [0.1, 0.15) is 51.8 Å². The summed E-state index contributed by atoms with van der Waals surface area (Å²) in [6, 6.07) is 17.4. The number of hydrogen-bond acceptors (Lipinski definition) is 6. The van der Waals surface area contributed by atoms with Crippen LogP contribution in [0.15, 0.2) is 54.6 Å². The Morgan fingerprint density at radius 2 is 1.62 bits per heavy atom. The molecule has 0 aliphatic carbocycles. The normalized spacial score (nSPS) is 14.8. The largest absolute Gasteiger partial charge is 0.494 e. The lowest BCUT2D eigenvalue weighted by Gasteiger charge is -2.39. The molecule has 1 aromatic heterocycles. The van der Waals surface area contributed by atoms with Crippen molar-refractivity contribution in [2.45, 2.75) is 33.7 Å². The minimum atomic E-state index is -0.266. The fourth-order valence-electron chi connectivity index (χ4n) is 4.68. The minimum absolute atomic E-state index is 0.0870. The van der Waals surface area contributed by atoms with Crippen molar-refractivity contribution >= 4 is 28.3 Å². The summed E-state index contributed by atoms with van der Waals surface area (Å²) >= 11 is 1.61. The lowest BCUT2D eigenvalue weighted by molar-refractivity contribution is 0.0715. The molecule has 2 aromatic carbocycles. The van der Waals surface area contributed by atoms with E-state index >= 15 is 0 Å². The van der Waals surface area contributed by atoms with Crippen molar-refractivity contribution in [3.05, 3.63) is 81.7 Å². The van der Waals surface area contributed by atoms with Gasteiger partial charge in [-0.3, -0.25) is 9.69 Å². The number of carbonyl (C=O) groups excluding carboxylic acids is 2. The summed E-state index contributed by atoms with van der Waals surface area (Å²) in [5.74, 6) is 0.702. The standard InChI is InChI=1S/C29H35N3O4S/c1-5-35-24-14-12-22(13-15-24)26(31-16-18-32(19-17-31)29(34)36-6-2)25-20(3)21(4)37-28(25)30-27(33)23-10-8-7-9-11-23/h7-15,26H,5-6,16-19H2,1-4H3,(H,30,33)/t26-/m1/s1. The van der Waals surface area contributed by atoms with Crippen LogP contribution in [-0.4, -0.2) is 61.2 Å². The first-order valence-corrected chi connectivity index (χ1v) is 13.6. The van der Waals surface area contributed by atoms with Gasteiger partial charge in [-0.15, -0.1) is 11.3 Å². The van der Waals surface area contributed by atoms with Crippen LogP contribution in [0, 0.1) is 13.8 Å². The summed E-state index contributed by atoms with van der Waals surface area (Å²) in [6.45, 7) is 11.5. The van der Waals surface area contributed by atoms with E-state index in [9.17, 15) is 9.59 Å². The van der Waals surface area contributed by atoms with Crippen molar-refractivity contribution in [1.29, 1.82) is 0 Å². The SMILES string of the molecule is CCOC(=O)N1CCN([C@H](c2ccc(OCC)cc2)c2c(NC(=O)c3ccccc3)sc(C)c2C)CC1. The quantitative estimate of drug-likeness (QED) is 0.401. The van der Waals surface area contributed by atoms with Gasteiger partial charge in [-0.25, -0.2) is 4.79 Å². The van der Waals surface area contributed by atoms with Gasteiger partial charge in [-0.1, -0.05) is 30.3 Å². The zero-order valence-electron chi connectivity index (χ0n) is 22.0. The van der Waals surface area contributed by atoms with Gasteiger partial charge in [-0.05, 0) is 63.1 Å². The van der Waals surface area contributed by atoms with Gasteiger partial charge in [0.25, 0.3) is 5.91 Å². The van der Waals surface area contributed by atoms with Crippen LogP contribution in [0.2, 0.25) is 0 Å². The van der Waals surface area contributed by atoms with E-state index in [1.165, 1.54) is 10.4 Å². The number of carbonyl (C=O) groups is 2. The third kappa shape index (κ3) is 6.14. The molecule has 196 valence electrons. The van der Waals surface area contributed by atoms with Gasteiger partial charge < -0.3 is 19.7 Å². The number of thiophene rings is 1. The van der Waals surface area contributed by atoms with E-state index in [1.807, 2.05) is 56.3 Å². The van der Waals surface area contributed by atoms with E-state index in [2.05, 4.69) is 36.2 Å². The number of piperazine rings is 1. The predicted molar refractivity (Wildman–Crippen MR) is 148 cm³/mol. The van der Waals surface area contributed by atoms with Gasteiger partial charge in [0.05, 0.1) is 19.3 Å². The van der Waals surface area contributed by atoms with Gasteiger partial charge in [0.15, 0.2) is 0 Å². The summed E-state index contributed by atoms with van der Waals surface area (Å²) < 4.78 is 10.9. The molecule has 7 nitrogen and oxygen atoms in total. The van der Waals surface area contributed by atoms with Gasteiger partial charge in [0.2, 0.25) is 0 Å². The molecule has 1 aliphatic rings. The van der Waals surface area contributed by atoms with Crippen molar-refractivity contribution in [3.8, 4) is 5.75 Å². The molecule has 8 heteroatoms. The van der Waals surface area contributed by atoms with Crippen molar-refractivity contribution in [2.24, 2.45) is 0 Å². The van der Waals surface area contributed by atoms with Crippen LogP contribution in [0.3, 0.4) is 0 Å². The van der Waals surface area contributed by atoms with E-state index in [4.69, 9.17) is 9.47 Å². The third-order valence-corrected chi connectivity index (χ3v) is 7.82. The van der Waals surface area contributed by atoms with Crippen molar-refractivity contribution in [3.63, 3.8) is 0 Å². The zero-order valence-corrected chi connectivity index (χ0v) is 22.8. The zero-order chi connectivity index (χ0) is 26.4. The molecule has 0 saturated carbocycles. The van der Waals surface area contributed by atoms with E-state index < -0.39 is 0 Å². The lowest BCUT2D eigenvalue weighted by atomic mass is 9.94.